The first kappa shape index (κ1) is 18.5. The van der Waals surface area contributed by atoms with E-state index < -0.39 is 0 Å². The van der Waals surface area contributed by atoms with Crippen molar-refractivity contribution in [2.24, 2.45) is 4.99 Å². The van der Waals surface area contributed by atoms with Crippen LogP contribution in [0.5, 0.6) is 0 Å². The summed E-state index contributed by atoms with van der Waals surface area (Å²) in [6, 6.07) is 10.5. The van der Waals surface area contributed by atoms with Crippen molar-refractivity contribution in [1.29, 1.82) is 0 Å². The van der Waals surface area contributed by atoms with E-state index in [1.807, 2.05) is 4.90 Å². The van der Waals surface area contributed by atoms with Gasteiger partial charge in [-0.15, -0.1) is 0 Å². The van der Waals surface area contributed by atoms with Gasteiger partial charge in [-0.25, -0.2) is 4.99 Å². The Labute approximate surface area is 156 Å². The summed E-state index contributed by atoms with van der Waals surface area (Å²) in [5.41, 5.74) is 1.27. The molecule has 1 aromatic rings. The van der Waals surface area contributed by atoms with E-state index in [2.05, 4.69) is 57.4 Å². The average Bonchev–Trinajstić information content (AvgIpc) is 2.72. The van der Waals surface area contributed by atoms with Crippen LogP contribution in [-0.2, 0) is 4.79 Å². The molecule has 142 valence electrons. The van der Waals surface area contributed by atoms with E-state index in [9.17, 15) is 4.79 Å². The molecule has 6 nitrogen and oxygen atoms in total. The number of nitrogens with zero attached hydrogens (tertiary/aromatic N) is 4. The number of hydrogen-bond acceptors (Lipinski definition) is 3. The SMILES string of the molecule is CCNC(=NCC(=O)N1CCCCC1)N1CCN(c2ccccc2)CC1. The zero-order chi connectivity index (χ0) is 18.2. The van der Waals surface area contributed by atoms with Crippen molar-refractivity contribution in [3.63, 3.8) is 0 Å². The molecular formula is C20H31N5O. The molecule has 1 amide bonds. The summed E-state index contributed by atoms with van der Waals surface area (Å²) in [7, 11) is 0. The van der Waals surface area contributed by atoms with Crippen LogP contribution in [0.15, 0.2) is 35.3 Å². The van der Waals surface area contributed by atoms with Crippen molar-refractivity contribution < 1.29 is 4.79 Å². The van der Waals surface area contributed by atoms with Gasteiger partial charge in [0.05, 0.1) is 0 Å². The Hall–Kier alpha value is -2.24. The van der Waals surface area contributed by atoms with Crippen molar-refractivity contribution in [3.05, 3.63) is 30.3 Å². The predicted octanol–water partition coefficient (Wildman–Crippen LogP) is 1.79. The van der Waals surface area contributed by atoms with Crippen molar-refractivity contribution in [2.45, 2.75) is 26.2 Å². The average molecular weight is 358 g/mol. The Balaban J connectivity index is 1.55. The van der Waals surface area contributed by atoms with Gasteiger partial charge in [-0.3, -0.25) is 4.79 Å². The van der Waals surface area contributed by atoms with Gasteiger partial charge >= 0.3 is 0 Å². The fraction of sp³-hybridized carbons (Fsp3) is 0.600. The molecule has 0 bridgehead atoms. The number of hydrogen-bond donors (Lipinski definition) is 1. The van der Waals surface area contributed by atoms with Gasteiger partial charge in [-0.05, 0) is 38.3 Å². The fourth-order valence-corrected chi connectivity index (χ4v) is 3.63. The first-order valence-electron chi connectivity index (χ1n) is 9.89. The summed E-state index contributed by atoms with van der Waals surface area (Å²) in [5.74, 6) is 1.02. The molecule has 2 aliphatic rings. The van der Waals surface area contributed by atoms with Gasteiger partial charge in [-0.1, -0.05) is 18.2 Å². The monoisotopic (exact) mass is 357 g/mol. The molecule has 0 unspecified atom stereocenters. The second kappa shape index (κ2) is 9.46. The molecule has 0 aromatic heterocycles. The Morgan fingerprint density at radius 3 is 2.31 bits per heavy atom. The topological polar surface area (TPSA) is 51.2 Å². The maximum atomic E-state index is 12.4. The maximum Gasteiger partial charge on any atom is 0.244 e. The van der Waals surface area contributed by atoms with Crippen LogP contribution in [0.1, 0.15) is 26.2 Å². The largest absolute Gasteiger partial charge is 0.368 e. The number of anilines is 1. The van der Waals surface area contributed by atoms with Gasteiger partial charge in [0, 0.05) is 51.5 Å². The zero-order valence-electron chi connectivity index (χ0n) is 15.9. The molecule has 0 saturated carbocycles. The summed E-state index contributed by atoms with van der Waals surface area (Å²) in [4.78, 5) is 23.7. The van der Waals surface area contributed by atoms with Crippen LogP contribution >= 0.6 is 0 Å². The number of amides is 1. The van der Waals surface area contributed by atoms with E-state index in [0.717, 1.165) is 64.6 Å². The summed E-state index contributed by atoms with van der Waals surface area (Å²) in [6.45, 7) is 8.68. The summed E-state index contributed by atoms with van der Waals surface area (Å²) >= 11 is 0. The number of piperidine rings is 1. The summed E-state index contributed by atoms with van der Waals surface area (Å²) in [5, 5.41) is 3.35. The number of para-hydroxylation sites is 1. The fourth-order valence-electron chi connectivity index (χ4n) is 3.63. The lowest BCUT2D eigenvalue weighted by molar-refractivity contribution is -0.130. The lowest BCUT2D eigenvalue weighted by atomic mass is 10.1. The van der Waals surface area contributed by atoms with Crippen LogP contribution in [0.3, 0.4) is 0 Å². The van der Waals surface area contributed by atoms with Crippen molar-refractivity contribution in [3.8, 4) is 0 Å². The third-order valence-electron chi connectivity index (χ3n) is 5.11. The lowest BCUT2D eigenvalue weighted by Gasteiger charge is -2.37. The molecule has 26 heavy (non-hydrogen) atoms. The number of carbonyl (C=O) groups excluding carboxylic acids is 1. The van der Waals surface area contributed by atoms with E-state index in [-0.39, 0.29) is 12.5 Å². The molecule has 1 aromatic carbocycles. The molecule has 2 saturated heterocycles. The zero-order valence-corrected chi connectivity index (χ0v) is 15.9. The minimum atomic E-state index is 0.156. The number of guanidine groups is 1. The second-order valence-electron chi connectivity index (χ2n) is 6.92. The second-order valence-corrected chi connectivity index (χ2v) is 6.92. The third-order valence-corrected chi connectivity index (χ3v) is 5.11. The molecule has 0 atom stereocenters. The van der Waals surface area contributed by atoms with Crippen LogP contribution in [-0.4, -0.2) is 74.0 Å². The van der Waals surface area contributed by atoms with Gasteiger partial charge in [0.1, 0.15) is 6.54 Å². The minimum absolute atomic E-state index is 0.156. The Morgan fingerprint density at radius 1 is 0.962 bits per heavy atom. The maximum absolute atomic E-state index is 12.4. The van der Waals surface area contributed by atoms with E-state index in [1.54, 1.807) is 0 Å². The highest BCUT2D eigenvalue weighted by molar-refractivity contribution is 5.85. The number of rotatable bonds is 4. The Kier molecular flexibility index (Phi) is 6.75. The highest BCUT2D eigenvalue weighted by atomic mass is 16.2. The third kappa shape index (κ3) is 4.90. The molecule has 3 rings (SSSR count). The number of benzene rings is 1. The summed E-state index contributed by atoms with van der Waals surface area (Å²) in [6.07, 6.45) is 3.48. The van der Waals surface area contributed by atoms with Crippen LogP contribution < -0.4 is 10.2 Å². The molecule has 0 aliphatic carbocycles. The van der Waals surface area contributed by atoms with E-state index in [4.69, 9.17) is 0 Å². The molecule has 2 heterocycles. The van der Waals surface area contributed by atoms with Gasteiger partial charge in [0.2, 0.25) is 5.91 Å². The highest BCUT2D eigenvalue weighted by Gasteiger charge is 2.21. The summed E-state index contributed by atoms with van der Waals surface area (Å²) < 4.78 is 0. The molecule has 2 aliphatic heterocycles. The molecule has 2 fully saturated rings. The number of aliphatic imine (C=N–C) groups is 1. The highest BCUT2D eigenvalue weighted by Crippen LogP contribution is 2.15. The van der Waals surface area contributed by atoms with Crippen molar-refractivity contribution in [2.75, 3.05) is 57.3 Å². The number of nitrogens with one attached hydrogen (secondary N) is 1. The molecule has 0 spiro atoms. The van der Waals surface area contributed by atoms with Gasteiger partial charge < -0.3 is 20.0 Å². The van der Waals surface area contributed by atoms with Crippen LogP contribution in [0.4, 0.5) is 5.69 Å². The normalized spacial score (nSPS) is 18.8. The van der Waals surface area contributed by atoms with Crippen LogP contribution in [0.25, 0.3) is 0 Å². The predicted molar refractivity (Wildman–Crippen MR) is 107 cm³/mol. The van der Waals surface area contributed by atoms with E-state index in [1.165, 1.54) is 12.1 Å². The van der Waals surface area contributed by atoms with Crippen LogP contribution in [0, 0.1) is 0 Å². The molecule has 1 N–H and O–H groups in total. The van der Waals surface area contributed by atoms with Crippen molar-refractivity contribution in [1.82, 2.24) is 15.1 Å². The first-order chi connectivity index (χ1) is 12.8. The van der Waals surface area contributed by atoms with Crippen molar-refractivity contribution >= 4 is 17.6 Å². The Morgan fingerprint density at radius 2 is 1.65 bits per heavy atom. The van der Waals surface area contributed by atoms with Gasteiger partial charge in [-0.2, -0.15) is 0 Å². The molecule has 6 heteroatoms. The molecular weight excluding hydrogens is 326 g/mol. The minimum Gasteiger partial charge on any atom is -0.368 e. The smallest absolute Gasteiger partial charge is 0.244 e. The van der Waals surface area contributed by atoms with Crippen LogP contribution in [0.2, 0.25) is 0 Å². The van der Waals surface area contributed by atoms with Gasteiger partial charge in [0.25, 0.3) is 0 Å². The first-order valence-corrected chi connectivity index (χ1v) is 9.89. The number of likely N-dealkylation sites (tertiary alicyclic amines) is 1. The van der Waals surface area contributed by atoms with E-state index >= 15 is 0 Å². The standard InChI is InChI=1S/C20H31N5O/c1-2-21-20(22-17-19(26)24-11-7-4-8-12-24)25-15-13-23(14-16-25)18-9-5-3-6-10-18/h3,5-6,9-10H,2,4,7-8,11-17H2,1H3,(H,21,22). The number of piperazine rings is 1. The molecule has 0 radical (unpaired) electrons. The quantitative estimate of drug-likeness (QED) is 0.659. The van der Waals surface area contributed by atoms with E-state index in [0.29, 0.717) is 0 Å². The number of carbonyl (C=O) groups is 1. The Bertz CT molecular complexity index is 589. The van der Waals surface area contributed by atoms with Gasteiger partial charge in [0.15, 0.2) is 5.96 Å². The lowest BCUT2D eigenvalue weighted by Crippen LogP contribution is -2.52.